The van der Waals surface area contributed by atoms with E-state index in [1.807, 2.05) is 6.92 Å². The highest BCUT2D eigenvalue weighted by molar-refractivity contribution is 5.83. The van der Waals surface area contributed by atoms with Crippen molar-refractivity contribution in [2.75, 3.05) is 6.54 Å². The Morgan fingerprint density at radius 3 is 2.47 bits per heavy atom. The molecule has 2 unspecified atom stereocenters. The predicted octanol–water partition coefficient (Wildman–Crippen LogP) is -0.554. The first-order valence-corrected chi connectivity index (χ1v) is 5.29. The van der Waals surface area contributed by atoms with E-state index >= 15 is 0 Å². The molecule has 0 bridgehead atoms. The maximum atomic E-state index is 11.7. The Morgan fingerprint density at radius 1 is 1.40 bits per heavy atom. The molecule has 3 atom stereocenters. The van der Waals surface area contributed by atoms with Gasteiger partial charge in [-0.15, -0.1) is 0 Å². The first-order chi connectivity index (χ1) is 6.93. The van der Waals surface area contributed by atoms with Crippen LogP contribution < -0.4 is 11.5 Å². The molecule has 0 saturated carbocycles. The van der Waals surface area contributed by atoms with Crippen LogP contribution in [-0.2, 0) is 9.59 Å². The highest BCUT2D eigenvalue weighted by Crippen LogP contribution is 2.22. The number of nitrogens with zero attached hydrogens (tertiary/aromatic N) is 1. The van der Waals surface area contributed by atoms with Crippen LogP contribution in [0.2, 0.25) is 0 Å². The summed E-state index contributed by atoms with van der Waals surface area (Å²) in [6.07, 6.45) is 1.57. The number of carbonyl (C=O) groups is 2. The van der Waals surface area contributed by atoms with Crippen molar-refractivity contribution in [3.8, 4) is 0 Å². The maximum Gasteiger partial charge on any atom is 0.239 e. The number of carbonyl (C=O) groups excluding carboxylic acids is 2. The third-order valence-corrected chi connectivity index (χ3v) is 2.96. The molecule has 0 radical (unpaired) electrons. The third kappa shape index (κ3) is 2.68. The van der Waals surface area contributed by atoms with Gasteiger partial charge in [-0.2, -0.15) is 0 Å². The third-order valence-electron chi connectivity index (χ3n) is 2.96. The van der Waals surface area contributed by atoms with E-state index < -0.39 is 6.04 Å². The Kier molecular flexibility index (Phi) is 3.68. The molecule has 1 heterocycles. The minimum atomic E-state index is -0.515. The Bertz CT molecular complexity index is 265. The van der Waals surface area contributed by atoms with Crippen molar-refractivity contribution >= 4 is 11.8 Å². The smallest absolute Gasteiger partial charge is 0.239 e. The van der Waals surface area contributed by atoms with Crippen molar-refractivity contribution in [2.45, 2.75) is 38.8 Å². The Balaban J connectivity index is 2.69. The number of primary amides is 1. The molecule has 0 aromatic rings. The molecule has 1 fully saturated rings. The highest BCUT2D eigenvalue weighted by atomic mass is 16.2. The van der Waals surface area contributed by atoms with Crippen LogP contribution >= 0.6 is 0 Å². The first-order valence-electron chi connectivity index (χ1n) is 5.29. The van der Waals surface area contributed by atoms with Crippen molar-refractivity contribution in [1.82, 2.24) is 4.90 Å². The van der Waals surface area contributed by atoms with Gasteiger partial charge in [0.25, 0.3) is 0 Å². The number of hydrogen-bond acceptors (Lipinski definition) is 3. The normalized spacial score (nSPS) is 28.6. The number of hydrogen-bond donors (Lipinski definition) is 2. The molecule has 1 aliphatic rings. The Labute approximate surface area is 89.8 Å². The highest BCUT2D eigenvalue weighted by Gasteiger charge is 2.32. The van der Waals surface area contributed by atoms with E-state index in [9.17, 15) is 9.59 Å². The van der Waals surface area contributed by atoms with Crippen molar-refractivity contribution in [1.29, 1.82) is 0 Å². The van der Waals surface area contributed by atoms with Gasteiger partial charge < -0.3 is 16.4 Å². The van der Waals surface area contributed by atoms with Crippen LogP contribution in [0.4, 0.5) is 0 Å². The van der Waals surface area contributed by atoms with Crippen LogP contribution in [0.3, 0.4) is 0 Å². The summed E-state index contributed by atoms with van der Waals surface area (Å²) < 4.78 is 0. The largest absolute Gasteiger partial charge is 0.369 e. The fraction of sp³-hybridized carbons (Fsp3) is 0.800. The van der Waals surface area contributed by atoms with Crippen molar-refractivity contribution in [3.63, 3.8) is 0 Å². The first kappa shape index (κ1) is 12.0. The quantitative estimate of drug-likeness (QED) is 0.644. The fourth-order valence-corrected chi connectivity index (χ4v) is 1.91. The minimum Gasteiger partial charge on any atom is -0.369 e. The lowest BCUT2D eigenvalue weighted by Crippen LogP contribution is -2.52. The summed E-state index contributed by atoms with van der Waals surface area (Å²) in [7, 11) is 0. The van der Waals surface area contributed by atoms with Gasteiger partial charge in [0.2, 0.25) is 11.8 Å². The zero-order valence-corrected chi connectivity index (χ0v) is 9.27. The molecule has 0 aromatic heterocycles. The molecule has 86 valence electrons. The molecule has 2 amide bonds. The molecule has 0 aliphatic carbocycles. The van der Waals surface area contributed by atoms with E-state index in [-0.39, 0.29) is 23.8 Å². The van der Waals surface area contributed by atoms with E-state index in [2.05, 4.69) is 0 Å². The van der Waals surface area contributed by atoms with Crippen molar-refractivity contribution < 1.29 is 9.59 Å². The lowest BCUT2D eigenvalue weighted by atomic mass is 9.92. The second kappa shape index (κ2) is 4.61. The Morgan fingerprint density at radius 2 is 2.00 bits per heavy atom. The molecule has 4 N–H and O–H groups in total. The number of nitrogens with two attached hydrogens (primary N) is 2. The van der Waals surface area contributed by atoms with Crippen LogP contribution in [0.15, 0.2) is 0 Å². The van der Waals surface area contributed by atoms with E-state index in [1.54, 1.807) is 11.8 Å². The van der Waals surface area contributed by atoms with Gasteiger partial charge in [0, 0.05) is 12.6 Å². The van der Waals surface area contributed by atoms with Gasteiger partial charge in [0.15, 0.2) is 0 Å². The Hall–Kier alpha value is -1.10. The average Bonchev–Trinajstić information content (AvgIpc) is 2.16. The summed E-state index contributed by atoms with van der Waals surface area (Å²) in [5.74, 6) is -0.651. The van der Waals surface area contributed by atoms with Gasteiger partial charge in [-0.1, -0.05) is 0 Å². The second-order valence-corrected chi connectivity index (χ2v) is 4.30. The number of likely N-dealkylation sites (tertiary alicyclic amines) is 1. The van der Waals surface area contributed by atoms with Crippen LogP contribution in [0.25, 0.3) is 0 Å². The van der Waals surface area contributed by atoms with Crippen LogP contribution in [0, 0.1) is 5.92 Å². The predicted molar refractivity (Wildman–Crippen MR) is 56.7 cm³/mol. The molecular formula is C10H19N3O2. The summed E-state index contributed by atoms with van der Waals surface area (Å²) in [5, 5.41) is 0. The summed E-state index contributed by atoms with van der Waals surface area (Å²) in [4.78, 5) is 24.4. The summed E-state index contributed by atoms with van der Waals surface area (Å²) in [5.41, 5.74) is 10.8. The van der Waals surface area contributed by atoms with E-state index in [0.717, 1.165) is 12.8 Å². The second-order valence-electron chi connectivity index (χ2n) is 4.30. The van der Waals surface area contributed by atoms with Gasteiger partial charge >= 0.3 is 0 Å². The molecule has 5 heteroatoms. The number of piperidine rings is 1. The molecule has 0 spiro atoms. The van der Waals surface area contributed by atoms with Crippen LogP contribution in [0.5, 0.6) is 0 Å². The monoisotopic (exact) mass is 213 g/mol. The molecule has 1 aliphatic heterocycles. The van der Waals surface area contributed by atoms with Gasteiger partial charge in [0.1, 0.15) is 0 Å². The van der Waals surface area contributed by atoms with E-state index in [4.69, 9.17) is 11.5 Å². The minimum absolute atomic E-state index is 0.103. The van der Waals surface area contributed by atoms with E-state index in [0.29, 0.717) is 6.54 Å². The van der Waals surface area contributed by atoms with Crippen LogP contribution in [0.1, 0.15) is 26.7 Å². The zero-order chi connectivity index (χ0) is 11.6. The van der Waals surface area contributed by atoms with Gasteiger partial charge in [-0.05, 0) is 26.7 Å². The molecular weight excluding hydrogens is 194 g/mol. The molecule has 1 rings (SSSR count). The molecule has 0 aromatic carbocycles. The summed E-state index contributed by atoms with van der Waals surface area (Å²) in [6.45, 7) is 4.04. The fourth-order valence-electron chi connectivity index (χ4n) is 1.91. The summed E-state index contributed by atoms with van der Waals surface area (Å²) in [6, 6.07) is -0.363. The van der Waals surface area contributed by atoms with Gasteiger partial charge in [-0.3, -0.25) is 9.59 Å². The molecule has 15 heavy (non-hydrogen) atoms. The van der Waals surface area contributed by atoms with Gasteiger partial charge in [0.05, 0.1) is 12.0 Å². The van der Waals surface area contributed by atoms with Crippen LogP contribution in [-0.4, -0.2) is 35.3 Å². The maximum absolute atomic E-state index is 11.7. The van der Waals surface area contributed by atoms with Crippen molar-refractivity contribution in [2.24, 2.45) is 17.4 Å². The zero-order valence-electron chi connectivity index (χ0n) is 9.27. The van der Waals surface area contributed by atoms with Gasteiger partial charge in [-0.25, -0.2) is 0 Å². The molecule has 1 saturated heterocycles. The standard InChI is InChI=1S/C10H19N3O2/c1-6-3-4-8(9(12)14)5-13(6)10(15)7(2)11/h6-8H,3-5,11H2,1-2H3,(H2,12,14)/t6?,7-,8?/m1/s1. The number of rotatable bonds is 2. The lowest BCUT2D eigenvalue weighted by Gasteiger charge is -2.37. The SMILES string of the molecule is CC1CCC(C(N)=O)CN1C(=O)[C@@H](C)N. The molecule has 5 nitrogen and oxygen atoms in total. The summed E-state index contributed by atoms with van der Waals surface area (Å²) >= 11 is 0. The van der Waals surface area contributed by atoms with Crippen molar-refractivity contribution in [3.05, 3.63) is 0 Å². The topological polar surface area (TPSA) is 89.4 Å². The average molecular weight is 213 g/mol. The van der Waals surface area contributed by atoms with E-state index in [1.165, 1.54) is 0 Å². The lowest BCUT2D eigenvalue weighted by molar-refractivity contribution is -0.138. The number of amides is 2.